The first-order valence-corrected chi connectivity index (χ1v) is 4.52. The molecule has 0 aliphatic carbocycles. The molecule has 0 aromatic carbocycles. The van der Waals surface area contributed by atoms with E-state index in [1.54, 1.807) is 6.20 Å². The Bertz CT molecular complexity index is 304. The fourth-order valence-electron chi connectivity index (χ4n) is 1.71. The monoisotopic (exact) mass is 197 g/mol. The van der Waals surface area contributed by atoms with Gasteiger partial charge in [0.15, 0.2) is 5.76 Å². The summed E-state index contributed by atoms with van der Waals surface area (Å²) in [7, 11) is 0. The van der Waals surface area contributed by atoms with Crippen LogP contribution in [0.2, 0.25) is 0 Å². The van der Waals surface area contributed by atoms with Gasteiger partial charge >= 0.3 is 6.09 Å². The van der Waals surface area contributed by atoms with E-state index in [0.717, 1.165) is 18.6 Å². The van der Waals surface area contributed by atoms with Crippen LogP contribution < -0.4 is 0 Å². The van der Waals surface area contributed by atoms with Crippen molar-refractivity contribution < 1.29 is 14.4 Å². The fraction of sp³-hybridized carbons (Fsp3) is 0.625. The van der Waals surface area contributed by atoms with Crippen molar-refractivity contribution in [1.82, 2.24) is 15.3 Å². The molecule has 1 N–H and O–H groups in total. The Morgan fingerprint density at radius 1 is 1.57 bits per heavy atom. The Morgan fingerprint density at radius 3 is 2.79 bits per heavy atom. The van der Waals surface area contributed by atoms with Crippen molar-refractivity contribution in [3.63, 3.8) is 0 Å². The smallest absolute Gasteiger partial charge is 0.407 e. The molecule has 6 nitrogen and oxygen atoms in total. The second-order valence-electron chi connectivity index (χ2n) is 3.36. The Morgan fingerprint density at radius 2 is 2.29 bits per heavy atom. The lowest BCUT2D eigenvalue weighted by atomic mass is 9.95. The molecule has 1 aromatic heterocycles. The normalized spacial score (nSPS) is 18.4. The molecule has 1 aliphatic rings. The second kappa shape index (κ2) is 3.65. The minimum atomic E-state index is -0.848. The van der Waals surface area contributed by atoms with Crippen LogP contribution in [0.4, 0.5) is 4.79 Å². The highest BCUT2D eigenvalue weighted by Crippen LogP contribution is 2.26. The molecule has 2 heterocycles. The molecule has 0 saturated carbocycles. The third-order valence-corrected chi connectivity index (χ3v) is 2.55. The van der Waals surface area contributed by atoms with E-state index in [9.17, 15) is 4.79 Å². The Kier molecular flexibility index (Phi) is 2.34. The van der Waals surface area contributed by atoms with E-state index in [2.05, 4.69) is 10.4 Å². The summed E-state index contributed by atoms with van der Waals surface area (Å²) >= 11 is 0. The van der Waals surface area contributed by atoms with Crippen LogP contribution in [0.15, 0.2) is 10.7 Å². The first kappa shape index (κ1) is 8.98. The predicted molar refractivity (Wildman–Crippen MR) is 45.9 cm³/mol. The van der Waals surface area contributed by atoms with Crippen molar-refractivity contribution in [3.8, 4) is 0 Å². The van der Waals surface area contributed by atoms with Crippen LogP contribution in [-0.4, -0.2) is 39.6 Å². The summed E-state index contributed by atoms with van der Waals surface area (Å²) in [5.41, 5.74) is 0. The van der Waals surface area contributed by atoms with Gasteiger partial charge in [-0.25, -0.2) is 4.79 Å². The second-order valence-corrected chi connectivity index (χ2v) is 3.36. The summed E-state index contributed by atoms with van der Waals surface area (Å²) in [5.74, 6) is 1.02. The summed E-state index contributed by atoms with van der Waals surface area (Å²) in [6, 6.07) is 0. The van der Waals surface area contributed by atoms with Crippen LogP contribution in [0.3, 0.4) is 0 Å². The van der Waals surface area contributed by atoms with Gasteiger partial charge in [-0.2, -0.15) is 0 Å². The number of piperidine rings is 1. The number of amides is 1. The Labute approximate surface area is 80.5 Å². The highest BCUT2D eigenvalue weighted by molar-refractivity contribution is 5.65. The summed E-state index contributed by atoms with van der Waals surface area (Å²) in [5, 5.41) is 15.7. The van der Waals surface area contributed by atoms with Gasteiger partial charge in [0.2, 0.25) is 0 Å². The predicted octanol–water partition coefficient (Wildman–Crippen LogP) is 0.927. The van der Waals surface area contributed by atoms with Crippen molar-refractivity contribution in [2.75, 3.05) is 13.1 Å². The van der Waals surface area contributed by atoms with Crippen LogP contribution in [0.1, 0.15) is 24.5 Å². The van der Waals surface area contributed by atoms with Crippen LogP contribution >= 0.6 is 0 Å². The third-order valence-electron chi connectivity index (χ3n) is 2.55. The lowest BCUT2D eigenvalue weighted by molar-refractivity contribution is 0.129. The van der Waals surface area contributed by atoms with Gasteiger partial charge in [0.1, 0.15) is 0 Å². The molecule has 0 radical (unpaired) electrons. The fourth-order valence-corrected chi connectivity index (χ4v) is 1.71. The van der Waals surface area contributed by atoms with E-state index in [1.807, 2.05) is 0 Å². The van der Waals surface area contributed by atoms with Crippen LogP contribution in [0.25, 0.3) is 0 Å². The number of carboxylic acid groups (broad SMARTS) is 1. The molecule has 0 atom stereocenters. The molecule has 0 bridgehead atoms. The first-order valence-electron chi connectivity index (χ1n) is 4.52. The van der Waals surface area contributed by atoms with Crippen molar-refractivity contribution in [1.29, 1.82) is 0 Å². The number of likely N-dealkylation sites (tertiary alicyclic amines) is 1. The molecule has 1 saturated heterocycles. The Hall–Kier alpha value is -1.59. The third kappa shape index (κ3) is 1.68. The summed E-state index contributed by atoms with van der Waals surface area (Å²) in [6.07, 6.45) is 2.31. The highest BCUT2D eigenvalue weighted by atomic mass is 16.5. The molecule has 6 heteroatoms. The zero-order chi connectivity index (χ0) is 9.97. The van der Waals surface area contributed by atoms with E-state index >= 15 is 0 Å². The zero-order valence-electron chi connectivity index (χ0n) is 7.59. The number of carbonyl (C=O) groups is 1. The van der Waals surface area contributed by atoms with Gasteiger partial charge in [0, 0.05) is 24.3 Å². The van der Waals surface area contributed by atoms with E-state index in [0.29, 0.717) is 13.1 Å². The molecule has 0 spiro atoms. The summed E-state index contributed by atoms with van der Waals surface area (Å²) in [6.45, 7) is 1.11. The van der Waals surface area contributed by atoms with Gasteiger partial charge in [-0.1, -0.05) is 0 Å². The summed E-state index contributed by atoms with van der Waals surface area (Å²) < 4.78 is 4.94. The molecule has 2 rings (SSSR count). The van der Waals surface area contributed by atoms with E-state index < -0.39 is 6.09 Å². The molecule has 14 heavy (non-hydrogen) atoms. The van der Waals surface area contributed by atoms with E-state index in [4.69, 9.17) is 9.63 Å². The number of hydrogen-bond acceptors (Lipinski definition) is 4. The molecule has 76 valence electrons. The quantitative estimate of drug-likeness (QED) is 0.724. The minimum absolute atomic E-state index is 0.264. The van der Waals surface area contributed by atoms with Gasteiger partial charge in [0.05, 0.1) is 6.20 Å². The lowest BCUT2D eigenvalue weighted by Gasteiger charge is -2.28. The maximum Gasteiger partial charge on any atom is 0.407 e. The SMILES string of the molecule is O=C(O)N1CCC(c2cnno2)CC1. The molecule has 1 fully saturated rings. The minimum Gasteiger partial charge on any atom is -0.465 e. The van der Waals surface area contributed by atoms with Crippen LogP contribution in [0.5, 0.6) is 0 Å². The molecule has 1 aliphatic heterocycles. The van der Waals surface area contributed by atoms with Gasteiger partial charge < -0.3 is 14.5 Å². The number of nitrogens with zero attached hydrogens (tertiary/aromatic N) is 3. The van der Waals surface area contributed by atoms with Gasteiger partial charge in [-0.15, -0.1) is 5.10 Å². The standard InChI is InChI=1S/C8H11N3O3/c12-8(13)11-3-1-6(2-4-11)7-5-9-10-14-7/h5-6H,1-4H2,(H,12,13). The number of aromatic nitrogens is 2. The highest BCUT2D eigenvalue weighted by Gasteiger charge is 2.25. The Balaban J connectivity index is 1.93. The molecule has 1 amide bonds. The van der Waals surface area contributed by atoms with Crippen molar-refractivity contribution in [3.05, 3.63) is 12.0 Å². The van der Waals surface area contributed by atoms with Gasteiger partial charge in [0.25, 0.3) is 0 Å². The first-order chi connectivity index (χ1) is 6.77. The average molecular weight is 197 g/mol. The molecular weight excluding hydrogens is 186 g/mol. The number of rotatable bonds is 1. The average Bonchev–Trinajstić information content (AvgIpc) is 2.71. The maximum absolute atomic E-state index is 10.6. The van der Waals surface area contributed by atoms with Crippen molar-refractivity contribution >= 4 is 6.09 Å². The van der Waals surface area contributed by atoms with Crippen molar-refractivity contribution in [2.45, 2.75) is 18.8 Å². The van der Waals surface area contributed by atoms with Gasteiger partial charge in [-0.3, -0.25) is 0 Å². The lowest BCUT2D eigenvalue weighted by Crippen LogP contribution is -2.36. The molecule has 0 unspecified atom stereocenters. The van der Waals surface area contributed by atoms with E-state index in [-0.39, 0.29) is 5.92 Å². The largest absolute Gasteiger partial charge is 0.465 e. The molecule has 1 aromatic rings. The summed E-state index contributed by atoms with van der Waals surface area (Å²) in [4.78, 5) is 12.0. The van der Waals surface area contributed by atoms with Crippen molar-refractivity contribution in [2.24, 2.45) is 0 Å². The van der Waals surface area contributed by atoms with Gasteiger partial charge in [-0.05, 0) is 12.8 Å². The maximum atomic E-state index is 10.6. The van der Waals surface area contributed by atoms with Crippen LogP contribution in [0, 0.1) is 0 Å². The van der Waals surface area contributed by atoms with E-state index in [1.165, 1.54) is 4.90 Å². The topological polar surface area (TPSA) is 79.5 Å². The molecular formula is C8H11N3O3. The van der Waals surface area contributed by atoms with Crippen LogP contribution in [-0.2, 0) is 0 Å². The number of hydrogen-bond donors (Lipinski definition) is 1. The zero-order valence-corrected chi connectivity index (χ0v) is 7.59.